The van der Waals surface area contributed by atoms with Crippen LogP contribution in [-0.2, 0) is 0 Å². The van der Waals surface area contributed by atoms with E-state index in [0.717, 1.165) is 0 Å². The molecule has 2 aromatic rings. The maximum atomic E-state index is 10.9. The minimum atomic E-state index is -1.05. The Bertz CT molecular complexity index is 549. The summed E-state index contributed by atoms with van der Waals surface area (Å²) < 4.78 is 0. The predicted molar refractivity (Wildman–Crippen MR) is 54.1 cm³/mol. The normalized spacial score (nSPS) is 10.1. The van der Waals surface area contributed by atoms with E-state index in [2.05, 4.69) is 4.98 Å². The van der Waals surface area contributed by atoms with Gasteiger partial charge < -0.3 is 5.11 Å². The molecule has 1 aromatic heterocycles. The van der Waals surface area contributed by atoms with Crippen molar-refractivity contribution in [2.24, 2.45) is 0 Å². The standard InChI is InChI=1S/C11H7NO3/c13-6-7-2-1-3-8-9(7)4-12-5-10(8)11(14)15/h1-6H,(H,14,15). The van der Waals surface area contributed by atoms with E-state index in [9.17, 15) is 9.59 Å². The monoisotopic (exact) mass is 201 g/mol. The smallest absolute Gasteiger partial charge is 0.337 e. The van der Waals surface area contributed by atoms with E-state index in [4.69, 9.17) is 5.11 Å². The van der Waals surface area contributed by atoms with Crippen LogP contribution in [0.15, 0.2) is 30.6 Å². The highest BCUT2D eigenvalue weighted by atomic mass is 16.4. The number of fused-ring (bicyclic) bond motifs is 1. The van der Waals surface area contributed by atoms with Gasteiger partial charge in [0.2, 0.25) is 0 Å². The Balaban J connectivity index is 2.88. The van der Waals surface area contributed by atoms with Gasteiger partial charge in [0.25, 0.3) is 0 Å². The van der Waals surface area contributed by atoms with E-state index < -0.39 is 5.97 Å². The summed E-state index contributed by atoms with van der Waals surface area (Å²) in [5, 5.41) is 10.0. The highest BCUT2D eigenvalue weighted by Crippen LogP contribution is 2.20. The molecule has 1 heterocycles. The SMILES string of the molecule is O=Cc1cccc2c(C(=O)O)cncc12. The van der Waals surface area contributed by atoms with Crippen molar-refractivity contribution in [1.82, 2.24) is 4.98 Å². The summed E-state index contributed by atoms with van der Waals surface area (Å²) in [6, 6.07) is 4.94. The zero-order valence-electron chi connectivity index (χ0n) is 7.68. The van der Waals surface area contributed by atoms with Crippen molar-refractivity contribution in [1.29, 1.82) is 0 Å². The van der Waals surface area contributed by atoms with Crippen LogP contribution >= 0.6 is 0 Å². The number of aromatic carboxylic acids is 1. The summed E-state index contributed by atoms with van der Waals surface area (Å²) in [6.45, 7) is 0. The Hall–Kier alpha value is -2.23. The molecule has 4 nitrogen and oxygen atoms in total. The quantitative estimate of drug-likeness (QED) is 0.751. The van der Waals surface area contributed by atoms with E-state index in [1.165, 1.54) is 12.4 Å². The number of carboxylic acid groups (broad SMARTS) is 1. The second kappa shape index (κ2) is 3.49. The molecule has 0 bridgehead atoms. The fourth-order valence-electron chi connectivity index (χ4n) is 1.49. The second-order valence-electron chi connectivity index (χ2n) is 3.05. The highest BCUT2D eigenvalue weighted by Gasteiger charge is 2.09. The molecule has 15 heavy (non-hydrogen) atoms. The van der Waals surface area contributed by atoms with Gasteiger partial charge in [-0.25, -0.2) is 4.79 Å². The minimum Gasteiger partial charge on any atom is -0.478 e. The lowest BCUT2D eigenvalue weighted by Gasteiger charge is -2.02. The molecule has 0 saturated carbocycles. The van der Waals surface area contributed by atoms with E-state index in [-0.39, 0.29) is 5.56 Å². The zero-order chi connectivity index (χ0) is 10.8. The summed E-state index contributed by atoms with van der Waals surface area (Å²) in [7, 11) is 0. The van der Waals surface area contributed by atoms with Crippen LogP contribution in [0.25, 0.3) is 10.8 Å². The van der Waals surface area contributed by atoms with Gasteiger partial charge in [-0.05, 0) is 5.39 Å². The molecule has 74 valence electrons. The molecule has 0 spiro atoms. The van der Waals surface area contributed by atoms with Gasteiger partial charge in [-0.1, -0.05) is 18.2 Å². The van der Waals surface area contributed by atoms with Crippen molar-refractivity contribution in [2.45, 2.75) is 0 Å². The number of aldehydes is 1. The first-order valence-electron chi connectivity index (χ1n) is 4.29. The van der Waals surface area contributed by atoms with Gasteiger partial charge in [0.15, 0.2) is 6.29 Å². The van der Waals surface area contributed by atoms with Gasteiger partial charge >= 0.3 is 5.97 Å². The number of pyridine rings is 1. The first-order valence-corrected chi connectivity index (χ1v) is 4.29. The number of hydrogen-bond acceptors (Lipinski definition) is 3. The molecule has 0 fully saturated rings. The van der Waals surface area contributed by atoms with Crippen molar-refractivity contribution < 1.29 is 14.7 Å². The number of hydrogen-bond donors (Lipinski definition) is 1. The molecule has 1 N–H and O–H groups in total. The average Bonchev–Trinajstić information content (AvgIpc) is 2.27. The summed E-state index contributed by atoms with van der Waals surface area (Å²) in [6.07, 6.45) is 3.46. The fourth-order valence-corrected chi connectivity index (χ4v) is 1.49. The Morgan fingerprint density at radius 2 is 2.07 bits per heavy atom. The molecular weight excluding hydrogens is 194 g/mol. The summed E-state index contributed by atoms with van der Waals surface area (Å²) in [5.74, 6) is -1.05. The van der Waals surface area contributed by atoms with Crippen LogP contribution in [0, 0.1) is 0 Å². The molecule has 0 atom stereocenters. The highest BCUT2D eigenvalue weighted by molar-refractivity contribution is 6.07. The van der Waals surface area contributed by atoms with Crippen LogP contribution < -0.4 is 0 Å². The van der Waals surface area contributed by atoms with Gasteiger partial charge in [0.05, 0.1) is 5.56 Å². The average molecular weight is 201 g/mol. The lowest BCUT2D eigenvalue weighted by Crippen LogP contribution is -1.99. The fraction of sp³-hybridized carbons (Fsp3) is 0. The molecule has 0 amide bonds. The largest absolute Gasteiger partial charge is 0.478 e. The number of carbonyl (C=O) groups excluding carboxylic acids is 1. The third-order valence-corrected chi connectivity index (χ3v) is 2.19. The van der Waals surface area contributed by atoms with Gasteiger partial charge in [-0.2, -0.15) is 0 Å². The first kappa shape index (κ1) is 9.33. The third-order valence-electron chi connectivity index (χ3n) is 2.19. The number of carbonyl (C=O) groups is 2. The topological polar surface area (TPSA) is 67.3 Å². The zero-order valence-corrected chi connectivity index (χ0v) is 7.68. The predicted octanol–water partition coefficient (Wildman–Crippen LogP) is 1.75. The minimum absolute atomic E-state index is 0.108. The van der Waals surface area contributed by atoms with Gasteiger partial charge in [0.1, 0.15) is 0 Å². The molecule has 0 aliphatic heterocycles. The van der Waals surface area contributed by atoms with E-state index >= 15 is 0 Å². The number of aromatic nitrogens is 1. The molecule has 0 radical (unpaired) electrons. The molecule has 4 heteroatoms. The van der Waals surface area contributed by atoms with Crippen molar-refractivity contribution in [3.05, 3.63) is 41.7 Å². The number of nitrogens with zero attached hydrogens (tertiary/aromatic N) is 1. The van der Waals surface area contributed by atoms with Crippen molar-refractivity contribution in [3.63, 3.8) is 0 Å². The Kier molecular flexibility index (Phi) is 2.17. The first-order chi connectivity index (χ1) is 7.24. The summed E-state index contributed by atoms with van der Waals surface area (Å²) >= 11 is 0. The molecule has 0 unspecified atom stereocenters. The Labute approximate surface area is 85.2 Å². The summed E-state index contributed by atoms with van der Waals surface area (Å²) in [4.78, 5) is 25.4. The number of benzene rings is 1. The Morgan fingerprint density at radius 1 is 1.27 bits per heavy atom. The van der Waals surface area contributed by atoms with E-state index in [0.29, 0.717) is 22.6 Å². The van der Waals surface area contributed by atoms with E-state index in [1.807, 2.05) is 0 Å². The van der Waals surface area contributed by atoms with Gasteiger partial charge in [-0.3, -0.25) is 9.78 Å². The molecule has 0 aliphatic rings. The van der Waals surface area contributed by atoms with Crippen LogP contribution in [0.3, 0.4) is 0 Å². The maximum Gasteiger partial charge on any atom is 0.337 e. The Morgan fingerprint density at radius 3 is 2.73 bits per heavy atom. The molecule has 0 saturated heterocycles. The van der Waals surface area contributed by atoms with Crippen LogP contribution in [-0.4, -0.2) is 22.3 Å². The summed E-state index contributed by atoms with van der Waals surface area (Å²) in [5.41, 5.74) is 0.555. The van der Waals surface area contributed by atoms with E-state index in [1.54, 1.807) is 18.2 Å². The van der Waals surface area contributed by atoms with Crippen LogP contribution in [0.4, 0.5) is 0 Å². The molecule has 2 rings (SSSR count). The third kappa shape index (κ3) is 1.46. The molecule has 0 aliphatic carbocycles. The number of rotatable bonds is 2. The van der Waals surface area contributed by atoms with Gasteiger partial charge in [0, 0.05) is 23.3 Å². The second-order valence-corrected chi connectivity index (χ2v) is 3.05. The van der Waals surface area contributed by atoms with Crippen molar-refractivity contribution in [2.75, 3.05) is 0 Å². The lowest BCUT2D eigenvalue weighted by molar-refractivity contribution is 0.0698. The maximum absolute atomic E-state index is 10.9. The van der Waals surface area contributed by atoms with Gasteiger partial charge in [-0.15, -0.1) is 0 Å². The van der Waals surface area contributed by atoms with Crippen molar-refractivity contribution >= 4 is 23.0 Å². The van der Waals surface area contributed by atoms with Crippen LogP contribution in [0.2, 0.25) is 0 Å². The van der Waals surface area contributed by atoms with Crippen LogP contribution in [0.5, 0.6) is 0 Å². The van der Waals surface area contributed by atoms with Crippen LogP contribution in [0.1, 0.15) is 20.7 Å². The van der Waals surface area contributed by atoms with Crippen molar-refractivity contribution in [3.8, 4) is 0 Å². The number of carboxylic acids is 1. The molecule has 1 aromatic carbocycles. The lowest BCUT2D eigenvalue weighted by atomic mass is 10.0. The molecular formula is C11H7NO3.